The number of hydrogen-bond donors (Lipinski definition) is 0. The third-order valence-corrected chi connectivity index (χ3v) is 31.6. The van der Waals surface area contributed by atoms with Gasteiger partial charge in [-0.1, -0.05) is 369 Å². The Labute approximate surface area is 831 Å². The van der Waals surface area contributed by atoms with E-state index in [1.165, 1.54) is 54.9 Å². The molecular formula is C135H91BN4O4. The van der Waals surface area contributed by atoms with E-state index in [1.807, 2.05) is 0 Å². The van der Waals surface area contributed by atoms with Gasteiger partial charge in [-0.05, 0) is 209 Å². The lowest BCUT2D eigenvalue weighted by Gasteiger charge is -2.46. The lowest BCUT2D eigenvalue weighted by Crippen LogP contribution is -2.61. The summed E-state index contributed by atoms with van der Waals surface area (Å²) in [6.45, 7) is 13.5. The Balaban J connectivity index is 0.770. The van der Waals surface area contributed by atoms with Crippen molar-refractivity contribution in [3.8, 4) is 78.1 Å². The molecule has 0 N–H and O–H groups in total. The van der Waals surface area contributed by atoms with E-state index >= 15 is 0 Å². The van der Waals surface area contributed by atoms with Gasteiger partial charge in [0.05, 0.1) is 49.6 Å². The fraction of sp³-hybridized carbons (Fsp3) is 0.0667. The van der Waals surface area contributed by atoms with Crippen LogP contribution >= 0.6 is 0 Å². The molecule has 0 atom stereocenters. The molecule has 27 aromatic rings. The van der Waals surface area contributed by atoms with E-state index in [9.17, 15) is 0 Å². The van der Waals surface area contributed by atoms with Crippen LogP contribution in [0.1, 0.15) is 74.9 Å². The number of fused-ring (bicyclic) bond motifs is 25. The van der Waals surface area contributed by atoms with Gasteiger partial charge in [-0.25, -0.2) is 0 Å². The zero-order chi connectivity index (χ0) is 95.4. The van der Waals surface area contributed by atoms with Crippen molar-refractivity contribution in [2.45, 2.75) is 57.8 Å². The Kier molecular flexibility index (Phi) is 17.4. The van der Waals surface area contributed by atoms with Crippen LogP contribution in [0.2, 0.25) is 0 Å². The highest BCUT2D eigenvalue weighted by molar-refractivity contribution is 7.00. The quantitative estimate of drug-likeness (QED) is 0.120. The second kappa shape index (κ2) is 30.5. The number of rotatable bonds is 11. The zero-order valence-corrected chi connectivity index (χ0v) is 80.1. The molecular weight excluding hydrogens is 1750 g/mol. The van der Waals surface area contributed by atoms with Gasteiger partial charge in [0.1, 0.15) is 44.7 Å². The Morgan fingerprint density at radius 3 is 0.986 bits per heavy atom. The molecule has 144 heavy (non-hydrogen) atoms. The first-order valence-corrected chi connectivity index (χ1v) is 50.1. The minimum atomic E-state index is -0.677. The lowest BCUT2D eigenvalue weighted by molar-refractivity contribution is 0.572. The van der Waals surface area contributed by atoms with Crippen LogP contribution < -0.4 is 26.2 Å². The highest BCUT2D eigenvalue weighted by Crippen LogP contribution is 2.62. The molecule has 9 heteroatoms. The number of nitrogens with zero attached hydrogens (tertiary/aromatic N) is 4. The summed E-state index contributed by atoms with van der Waals surface area (Å²) in [6.07, 6.45) is 0. The predicted octanol–water partition coefficient (Wildman–Crippen LogP) is 34.9. The predicted molar refractivity (Wildman–Crippen MR) is 600 cm³/mol. The summed E-state index contributed by atoms with van der Waals surface area (Å²) in [5.74, 6) is 0. The minimum Gasteiger partial charge on any atom is -0.456 e. The van der Waals surface area contributed by atoms with Gasteiger partial charge in [-0.15, -0.1) is 0 Å². The summed E-state index contributed by atoms with van der Waals surface area (Å²) < 4.78 is 35.2. The monoisotopic (exact) mass is 1840 g/mol. The number of anilines is 6. The molecule has 0 fully saturated rings. The Hall–Kier alpha value is -17.9. The van der Waals surface area contributed by atoms with Crippen molar-refractivity contribution in [1.29, 1.82) is 0 Å². The maximum Gasteiger partial charge on any atom is 0.252 e. The van der Waals surface area contributed by atoms with E-state index in [4.69, 9.17) is 17.7 Å². The normalized spacial score (nSPS) is 13.4. The Morgan fingerprint density at radius 1 is 0.229 bits per heavy atom. The van der Waals surface area contributed by atoms with E-state index in [0.717, 1.165) is 238 Å². The molecule has 0 unspecified atom stereocenters. The first kappa shape index (κ1) is 82.0. The molecule has 21 aromatic carbocycles. The van der Waals surface area contributed by atoms with Crippen LogP contribution in [0.15, 0.2) is 461 Å². The van der Waals surface area contributed by atoms with E-state index in [0.29, 0.717) is 0 Å². The van der Waals surface area contributed by atoms with Crippen LogP contribution in [0.4, 0.5) is 34.1 Å². The largest absolute Gasteiger partial charge is 0.456 e. The van der Waals surface area contributed by atoms with Crippen molar-refractivity contribution in [3.05, 3.63) is 476 Å². The molecule has 8 nitrogen and oxygen atoms in total. The van der Waals surface area contributed by atoms with Crippen molar-refractivity contribution >= 4 is 189 Å². The second-order valence-electron chi connectivity index (χ2n) is 41.5. The van der Waals surface area contributed by atoms with Crippen LogP contribution in [0.25, 0.3) is 210 Å². The van der Waals surface area contributed by atoms with Gasteiger partial charge in [-0.2, -0.15) is 0 Å². The number of furan rings is 4. The van der Waals surface area contributed by atoms with Gasteiger partial charge >= 0.3 is 0 Å². The topological polar surface area (TPSA) is 68.9 Å². The van der Waals surface area contributed by atoms with Crippen LogP contribution in [-0.4, -0.2) is 15.8 Å². The molecule has 1 aliphatic carbocycles. The van der Waals surface area contributed by atoms with E-state index in [-0.39, 0.29) is 0 Å². The van der Waals surface area contributed by atoms with Crippen molar-refractivity contribution in [1.82, 2.24) is 9.13 Å². The number of para-hydroxylation sites is 10. The second-order valence-corrected chi connectivity index (χ2v) is 41.5. The van der Waals surface area contributed by atoms with Gasteiger partial charge in [0.25, 0.3) is 6.71 Å². The Morgan fingerprint density at radius 2 is 0.556 bits per heavy atom. The lowest BCUT2D eigenvalue weighted by atomic mass is 9.33. The molecule has 8 heterocycles. The molecule has 0 bridgehead atoms. The van der Waals surface area contributed by atoms with Crippen molar-refractivity contribution < 1.29 is 17.7 Å². The van der Waals surface area contributed by atoms with E-state index in [1.54, 1.807) is 0 Å². The zero-order valence-electron chi connectivity index (χ0n) is 80.1. The highest BCUT2D eigenvalue weighted by Gasteiger charge is 2.50. The fourth-order valence-electron chi connectivity index (χ4n) is 25.3. The smallest absolute Gasteiger partial charge is 0.252 e. The average molecular weight is 1840 g/mol. The number of benzene rings is 21. The molecule has 0 amide bonds. The summed E-state index contributed by atoms with van der Waals surface area (Å²) in [6, 6.07) is 166. The van der Waals surface area contributed by atoms with Gasteiger partial charge in [0, 0.05) is 121 Å². The average Bonchev–Trinajstić information content (AvgIpc) is 1.13. The third-order valence-electron chi connectivity index (χ3n) is 31.6. The number of aromatic nitrogens is 2. The first-order valence-electron chi connectivity index (χ1n) is 50.1. The van der Waals surface area contributed by atoms with Crippen LogP contribution in [0.3, 0.4) is 0 Å². The van der Waals surface area contributed by atoms with Crippen LogP contribution in [-0.2, 0) is 16.2 Å². The molecule has 678 valence electrons. The molecule has 0 radical (unpaired) electrons. The maximum absolute atomic E-state index is 7.71. The van der Waals surface area contributed by atoms with E-state index < -0.39 is 23.0 Å². The SMILES string of the molecule is CC(C)(C)c1cc(-c2cccc3c2oc2ccccc23)c(N2c3cc(-c4ccc(-n5c6ccccc6c6ccccc65)cc4)ccc3B3c4ccc(-c5ccc(-n6c7ccccc7c7ccccc76)cc5)cc4N(c4c(-c5cccc6c5oc5ccccc56)cc(C(C)(C)C)c5oc6ccccc6c45)c4cc(-c5ccc6c(c5)-c5ccccc5C6(c5ccccc5)c5ccccc5)cc2c43)c2c1oc1ccccc12. The fourth-order valence-corrected chi connectivity index (χ4v) is 25.3. The van der Waals surface area contributed by atoms with Gasteiger partial charge in [0.15, 0.2) is 0 Å². The number of hydrogen-bond acceptors (Lipinski definition) is 6. The van der Waals surface area contributed by atoms with Crippen LogP contribution in [0, 0.1) is 0 Å². The maximum atomic E-state index is 7.71. The van der Waals surface area contributed by atoms with Crippen molar-refractivity contribution in [2.24, 2.45) is 0 Å². The summed E-state index contributed by atoms with van der Waals surface area (Å²) in [5.41, 5.74) is 40.6. The minimum absolute atomic E-state index is 0.440. The molecule has 0 spiro atoms. The molecule has 30 rings (SSSR count). The van der Waals surface area contributed by atoms with Gasteiger partial charge in [0.2, 0.25) is 0 Å². The Bertz CT molecular complexity index is 9520. The summed E-state index contributed by atoms with van der Waals surface area (Å²) in [5, 5.41) is 13.0. The van der Waals surface area contributed by atoms with Crippen molar-refractivity contribution in [2.75, 3.05) is 9.80 Å². The standard InChI is InChI=1S/C135H91BN4O4/c1-133(2,3)108-78-104(99-48-31-46-97-95-42-18-27-55-120(95)141-129(97)99)127(124-101-44-20-29-57-122(101)143-131(108)124)139-116-74-83(80-59-66-88(67-60-80)137-112-51-23-14-38-91(112)92-39-15-24-52-113(92)137)64-71-110(116)136-111-72-65-84(81-61-68-89(69-62-81)138-114-53-25-16-40-93(114)94-41-17-26-54-115(94)138)75-117(111)140(128-105(100-49-32-47-98-96-43-19-28-56-121(96)142-130(98)100)79-109(134(4,5)6)132-125(128)102-45-21-30-58-123(102)144-132)119-77-85(76-118(139)126(119)136)82-63-70-107-103(73-82)90-37-13-22-50-106(90)135(107,86-33-9-7-10-34-86)87-35-11-8-12-36-87/h7-79H,1-6H3. The summed E-state index contributed by atoms with van der Waals surface area (Å²) in [7, 11) is 0. The summed E-state index contributed by atoms with van der Waals surface area (Å²) >= 11 is 0. The first-order chi connectivity index (χ1) is 70.7. The van der Waals surface area contributed by atoms with Gasteiger partial charge < -0.3 is 36.6 Å². The molecule has 3 aliphatic rings. The molecule has 0 saturated heterocycles. The van der Waals surface area contributed by atoms with Gasteiger partial charge in [-0.3, -0.25) is 0 Å². The van der Waals surface area contributed by atoms with Crippen molar-refractivity contribution in [3.63, 3.8) is 0 Å². The molecule has 2 aliphatic heterocycles. The highest BCUT2D eigenvalue weighted by atomic mass is 16.3. The third kappa shape index (κ3) is 11.7. The summed E-state index contributed by atoms with van der Waals surface area (Å²) in [4.78, 5) is 5.40. The molecule has 6 aromatic heterocycles. The van der Waals surface area contributed by atoms with E-state index in [2.05, 4.69) is 503 Å². The molecule has 0 saturated carbocycles. The van der Waals surface area contributed by atoms with Crippen LogP contribution in [0.5, 0.6) is 0 Å².